The number of amides is 2. The van der Waals surface area contributed by atoms with Crippen molar-refractivity contribution in [2.24, 2.45) is 5.73 Å². The predicted molar refractivity (Wildman–Crippen MR) is 84.5 cm³/mol. The Balaban J connectivity index is 1.72. The number of urea groups is 1. The van der Waals surface area contributed by atoms with Gasteiger partial charge in [0.1, 0.15) is 5.01 Å². The summed E-state index contributed by atoms with van der Waals surface area (Å²) in [6, 6.07) is 0.0792. The molecular formula is C15H24N4OS. The molecule has 0 atom stereocenters. The fourth-order valence-electron chi connectivity index (χ4n) is 3.16. The van der Waals surface area contributed by atoms with E-state index in [9.17, 15) is 4.79 Å². The van der Waals surface area contributed by atoms with E-state index in [0.717, 1.165) is 43.8 Å². The number of aromatic nitrogens is 1. The molecule has 0 aromatic carbocycles. The van der Waals surface area contributed by atoms with Crippen LogP contribution in [-0.2, 0) is 18.4 Å². The van der Waals surface area contributed by atoms with Crippen LogP contribution in [0.1, 0.15) is 41.3 Å². The maximum atomic E-state index is 12.0. The van der Waals surface area contributed by atoms with Crippen LogP contribution in [0.4, 0.5) is 4.79 Å². The Morgan fingerprint density at radius 2 is 1.95 bits per heavy atom. The third kappa shape index (κ3) is 2.79. The highest BCUT2D eigenvalue weighted by Crippen LogP contribution is 2.36. The molecule has 0 radical (unpaired) electrons. The number of likely N-dealkylation sites (tertiary alicyclic amines) is 1. The maximum Gasteiger partial charge on any atom is 0.319 e. The van der Waals surface area contributed by atoms with Gasteiger partial charge in [0.2, 0.25) is 0 Å². The van der Waals surface area contributed by atoms with Gasteiger partial charge in [-0.1, -0.05) is 0 Å². The largest absolute Gasteiger partial charge is 0.331 e. The normalized spacial score (nSPS) is 21.0. The minimum atomic E-state index is -0.342. The predicted octanol–water partition coefficient (Wildman–Crippen LogP) is 1.95. The molecule has 1 aromatic heterocycles. The van der Waals surface area contributed by atoms with Gasteiger partial charge in [0.15, 0.2) is 0 Å². The molecule has 6 heteroatoms. The molecule has 116 valence electrons. The summed E-state index contributed by atoms with van der Waals surface area (Å²) in [5.74, 6) is 0. The second-order valence-corrected chi connectivity index (χ2v) is 7.50. The summed E-state index contributed by atoms with van der Waals surface area (Å²) >= 11 is 1.81. The highest BCUT2D eigenvalue weighted by atomic mass is 32.1. The third-order valence-electron chi connectivity index (χ3n) is 4.58. The number of fused-ring (bicyclic) bond motifs is 1. The number of rotatable bonds is 1. The molecule has 5 nitrogen and oxygen atoms in total. The van der Waals surface area contributed by atoms with Crippen LogP contribution < -0.4 is 5.73 Å². The molecular weight excluding hydrogens is 284 g/mol. The van der Waals surface area contributed by atoms with Crippen molar-refractivity contribution in [1.29, 1.82) is 0 Å². The molecule has 3 rings (SSSR count). The molecule has 2 heterocycles. The molecule has 2 aliphatic rings. The van der Waals surface area contributed by atoms with Gasteiger partial charge in [-0.15, -0.1) is 11.3 Å². The van der Waals surface area contributed by atoms with Gasteiger partial charge in [0.05, 0.1) is 11.2 Å². The van der Waals surface area contributed by atoms with E-state index in [0.29, 0.717) is 0 Å². The number of aryl methyl sites for hydroxylation is 2. The number of carbonyl (C=O) groups is 1. The molecule has 1 fully saturated rings. The van der Waals surface area contributed by atoms with Gasteiger partial charge in [-0.3, -0.25) is 0 Å². The standard InChI is InChI=1S/C15H24N4OS/c1-18(2)14(20)19-9-7-15(16,8-10-19)13-17-11-5-3-4-6-12(11)21-13/h3-10,16H2,1-2H3. The molecule has 2 N–H and O–H groups in total. The molecule has 0 saturated carbocycles. The number of carbonyl (C=O) groups excluding carboxylic acids is 1. The van der Waals surface area contributed by atoms with Crippen molar-refractivity contribution in [3.63, 3.8) is 0 Å². The second-order valence-electron chi connectivity index (χ2n) is 6.42. The Hall–Kier alpha value is -1.14. The van der Waals surface area contributed by atoms with Crippen molar-refractivity contribution in [2.75, 3.05) is 27.2 Å². The van der Waals surface area contributed by atoms with Crippen LogP contribution in [0.25, 0.3) is 0 Å². The highest BCUT2D eigenvalue weighted by Gasteiger charge is 2.37. The number of nitrogens with zero attached hydrogens (tertiary/aromatic N) is 3. The zero-order chi connectivity index (χ0) is 15.0. The molecule has 1 saturated heterocycles. The van der Waals surface area contributed by atoms with Crippen molar-refractivity contribution in [3.8, 4) is 0 Å². The van der Waals surface area contributed by atoms with Gasteiger partial charge < -0.3 is 15.5 Å². The van der Waals surface area contributed by atoms with Gasteiger partial charge in [-0.05, 0) is 38.5 Å². The van der Waals surface area contributed by atoms with Gasteiger partial charge >= 0.3 is 6.03 Å². The minimum Gasteiger partial charge on any atom is -0.331 e. The van der Waals surface area contributed by atoms with E-state index in [1.54, 1.807) is 30.3 Å². The summed E-state index contributed by atoms with van der Waals surface area (Å²) in [6.07, 6.45) is 6.40. The van der Waals surface area contributed by atoms with Crippen LogP contribution in [-0.4, -0.2) is 48.0 Å². The first-order valence-corrected chi connectivity index (χ1v) is 8.55. The average Bonchev–Trinajstić information content (AvgIpc) is 2.92. The first-order chi connectivity index (χ1) is 9.99. The lowest BCUT2D eigenvalue weighted by Crippen LogP contribution is -2.51. The zero-order valence-corrected chi connectivity index (χ0v) is 13.7. The van der Waals surface area contributed by atoms with Crippen LogP contribution in [0, 0.1) is 0 Å². The number of piperidine rings is 1. The molecule has 0 unspecified atom stereocenters. The van der Waals surface area contributed by atoms with Crippen molar-refractivity contribution in [1.82, 2.24) is 14.8 Å². The Labute approximate surface area is 130 Å². The molecule has 1 aliphatic carbocycles. The SMILES string of the molecule is CN(C)C(=O)N1CCC(N)(c2nc3c(s2)CCCC3)CC1. The number of thiazole rings is 1. The monoisotopic (exact) mass is 308 g/mol. The molecule has 1 aromatic rings. The number of hydrogen-bond acceptors (Lipinski definition) is 4. The quantitative estimate of drug-likeness (QED) is 0.862. The Morgan fingerprint density at radius 1 is 1.29 bits per heavy atom. The molecule has 2 amide bonds. The van der Waals surface area contributed by atoms with Crippen LogP contribution in [0.5, 0.6) is 0 Å². The number of nitrogens with two attached hydrogens (primary N) is 1. The van der Waals surface area contributed by atoms with Crippen LogP contribution in [0.3, 0.4) is 0 Å². The fraction of sp³-hybridized carbons (Fsp3) is 0.733. The fourth-order valence-corrected chi connectivity index (χ4v) is 4.47. The lowest BCUT2D eigenvalue weighted by molar-refractivity contribution is 0.138. The topological polar surface area (TPSA) is 62.5 Å². The van der Waals surface area contributed by atoms with E-state index in [-0.39, 0.29) is 11.6 Å². The maximum absolute atomic E-state index is 12.0. The Kier molecular flexibility index (Phi) is 3.92. The van der Waals surface area contributed by atoms with Gasteiger partial charge in [-0.25, -0.2) is 9.78 Å². The third-order valence-corrected chi connectivity index (χ3v) is 5.96. The van der Waals surface area contributed by atoms with E-state index in [2.05, 4.69) is 0 Å². The molecule has 1 aliphatic heterocycles. The summed E-state index contributed by atoms with van der Waals surface area (Å²) in [4.78, 5) is 21.8. The Morgan fingerprint density at radius 3 is 2.57 bits per heavy atom. The van der Waals surface area contributed by atoms with Crippen LogP contribution >= 0.6 is 11.3 Å². The van der Waals surface area contributed by atoms with Gasteiger partial charge in [-0.2, -0.15) is 0 Å². The van der Waals surface area contributed by atoms with Crippen LogP contribution in [0.15, 0.2) is 0 Å². The minimum absolute atomic E-state index is 0.0792. The van der Waals surface area contributed by atoms with E-state index in [1.165, 1.54) is 23.4 Å². The first-order valence-electron chi connectivity index (χ1n) is 7.74. The summed E-state index contributed by atoms with van der Waals surface area (Å²) in [6.45, 7) is 1.44. The zero-order valence-electron chi connectivity index (χ0n) is 12.9. The summed E-state index contributed by atoms with van der Waals surface area (Å²) in [7, 11) is 3.59. The molecule has 21 heavy (non-hydrogen) atoms. The first kappa shape index (κ1) is 14.8. The van der Waals surface area contributed by atoms with Gasteiger partial charge in [0, 0.05) is 32.1 Å². The van der Waals surface area contributed by atoms with E-state index in [4.69, 9.17) is 10.7 Å². The molecule has 0 spiro atoms. The lowest BCUT2D eigenvalue weighted by atomic mass is 9.89. The Bertz CT molecular complexity index is 508. The average molecular weight is 308 g/mol. The lowest BCUT2D eigenvalue weighted by Gasteiger charge is -2.38. The summed E-state index contributed by atoms with van der Waals surface area (Å²) < 4.78 is 0. The van der Waals surface area contributed by atoms with Crippen molar-refractivity contribution >= 4 is 17.4 Å². The summed E-state index contributed by atoms with van der Waals surface area (Å²) in [5.41, 5.74) is 7.56. The van der Waals surface area contributed by atoms with E-state index < -0.39 is 0 Å². The molecule has 0 bridgehead atoms. The van der Waals surface area contributed by atoms with Crippen LogP contribution in [0.2, 0.25) is 0 Å². The van der Waals surface area contributed by atoms with Crippen molar-refractivity contribution in [2.45, 2.75) is 44.1 Å². The van der Waals surface area contributed by atoms with Crippen molar-refractivity contribution in [3.05, 3.63) is 15.6 Å². The van der Waals surface area contributed by atoms with Crippen molar-refractivity contribution < 1.29 is 4.79 Å². The van der Waals surface area contributed by atoms with Gasteiger partial charge in [0.25, 0.3) is 0 Å². The summed E-state index contributed by atoms with van der Waals surface area (Å²) in [5, 5.41) is 1.09. The second kappa shape index (κ2) is 5.57. The van der Waals surface area contributed by atoms with E-state index >= 15 is 0 Å². The highest BCUT2D eigenvalue weighted by molar-refractivity contribution is 7.11. The smallest absolute Gasteiger partial charge is 0.319 e. The number of hydrogen-bond donors (Lipinski definition) is 1. The van der Waals surface area contributed by atoms with E-state index in [1.807, 2.05) is 4.90 Å².